The number of aromatic carboxylic acids is 1. The molecule has 2 heterocycles. The van der Waals surface area contributed by atoms with Crippen LogP contribution in [0, 0.1) is 0 Å². The van der Waals surface area contributed by atoms with Gasteiger partial charge in [-0.25, -0.2) is 9.59 Å². The second-order valence-corrected chi connectivity index (χ2v) is 5.47. The minimum absolute atomic E-state index is 0.0694. The molecule has 1 N–H and O–H groups in total. The van der Waals surface area contributed by atoms with Crippen molar-refractivity contribution in [2.45, 2.75) is 6.92 Å². The molecule has 0 atom stereocenters. The van der Waals surface area contributed by atoms with E-state index in [1.807, 2.05) is 24.3 Å². The lowest BCUT2D eigenvalue weighted by molar-refractivity contribution is 0.0526. The van der Waals surface area contributed by atoms with Gasteiger partial charge in [0.2, 0.25) is 0 Å². The van der Waals surface area contributed by atoms with Crippen LogP contribution in [0.15, 0.2) is 48.9 Å². The van der Waals surface area contributed by atoms with Crippen molar-refractivity contribution in [3.63, 3.8) is 0 Å². The van der Waals surface area contributed by atoms with Crippen LogP contribution in [0.4, 0.5) is 0 Å². The van der Waals surface area contributed by atoms with Gasteiger partial charge in [0, 0.05) is 29.5 Å². The molecule has 130 valence electrons. The molecule has 3 aromatic rings. The number of aromatic nitrogens is 2. The first kappa shape index (κ1) is 17.3. The fourth-order valence-electron chi connectivity index (χ4n) is 2.55. The monoisotopic (exact) mass is 348 g/mol. The van der Waals surface area contributed by atoms with E-state index >= 15 is 0 Å². The van der Waals surface area contributed by atoms with Crippen LogP contribution >= 0.6 is 0 Å². The summed E-state index contributed by atoms with van der Waals surface area (Å²) < 4.78 is 4.88. The van der Waals surface area contributed by atoms with E-state index in [0.717, 1.165) is 16.3 Å². The van der Waals surface area contributed by atoms with Crippen molar-refractivity contribution in [3.05, 3.63) is 71.3 Å². The molecule has 0 radical (unpaired) electrons. The van der Waals surface area contributed by atoms with Crippen molar-refractivity contribution in [1.29, 1.82) is 0 Å². The molecule has 0 amide bonds. The van der Waals surface area contributed by atoms with Crippen molar-refractivity contribution >= 4 is 34.9 Å². The average molecular weight is 348 g/mol. The molecule has 0 aliphatic carbocycles. The van der Waals surface area contributed by atoms with E-state index in [0.29, 0.717) is 0 Å². The van der Waals surface area contributed by atoms with Crippen molar-refractivity contribution in [2.75, 3.05) is 6.61 Å². The molecule has 6 heteroatoms. The summed E-state index contributed by atoms with van der Waals surface area (Å²) in [5.41, 5.74) is 1.13. The number of fused-ring (bicyclic) bond motifs is 1. The molecular formula is C20H16N2O4. The molecule has 0 unspecified atom stereocenters. The number of benzene rings is 1. The molecular weight excluding hydrogens is 332 g/mol. The molecule has 0 saturated carbocycles. The Balaban J connectivity index is 1.99. The third-order valence-corrected chi connectivity index (χ3v) is 3.78. The van der Waals surface area contributed by atoms with E-state index in [4.69, 9.17) is 4.74 Å². The number of carbonyl (C=O) groups is 2. The van der Waals surface area contributed by atoms with Gasteiger partial charge in [-0.2, -0.15) is 0 Å². The number of carboxylic acids is 1. The van der Waals surface area contributed by atoms with Crippen molar-refractivity contribution < 1.29 is 19.4 Å². The van der Waals surface area contributed by atoms with Crippen LogP contribution in [0.25, 0.3) is 22.9 Å². The van der Waals surface area contributed by atoms with Crippen LogP contribution in [0.2, 0.25) is 0 Å². The molecule has 6 nitrogen and oxygen atoms in total. The van der Waals surface area contributed by atoms with Crippen LogP contribution in [0.1, 0.15) is 38.9 Å². The third-order valence-electron chi connectivity index (χ3n) is 3.78. The second kappa shape index (κ2) is 7.57. The summed E-state index contributed by atoms with van der Waals surface area (Å²) in [6.07, 6.45) is 8.13. The van der Waals surface area contributed by atoms with E-state index in [2.05, 4.69) is 9.97 Å². The quantitative estimate of drug-likeness (QED) is 0.708. The Morgan fingerprint density at radius 2 is 1.96 bits per heavy atom. The molecule has 0 saturated heterocycles. The summed E-state index contributed by atoms with van der Waals surface area (Å²) in [6, 6.07) is 9.04. The van der Waals surface area contributed by atoms with E-state index in [9.17, 15) is 14.7 Å². The van der Waals surface area contributed by atoms with Gasteiger partial charge in [-0.15, -0.1) is 0 Å². The zero-order valence-corrected chi connectivity index (χ0v) is 14.0. The lowest BCUT2D eigenvalue weighted by atomic mass is 10.1. The van der Waals surface area contributed by atoms with Gasteiger partial charge in [0.25, 0.3) is 0 Å². The first-order valence-corrected chi connectivity index (χ1v) is 8.01. The number of rotatable bonds is 5. The summed E-state index contributed by atoms with van der Waals surface area (Å²) >= 11 is 0. The highest BCUT2D eigenvalue weighted by Crippen LogP contribution is 2.20. The Morgan fingerprint density at radius 3 is 2.73 bits per heavy atom. The number of ether oxygens (including phenoxy) is 1. The van der Waals surface area contributed by atoms with E-state index in [1.165, 1.54) is 12.3 Å². The van der Waals surface area contributed by atoms with Crippen LogP contribution in [-0.4, -0.2) is 33.6 Å². The average Bonchev–Trinajstić information content (AvgIpc) is 2.66. The van der Waals surface area contributed by atoms with Gasteiger partial charge in [0.15, 0.2) is 0 Å². The largest absolute Gasteiger partial charge is 0.478 e. The SMILES string of the molecule is CCOC(=O)c1cnc(/C=C/c2cncc3ccccc23)c(C(=O)O)c1. The van der Waals surface area contributed by atoms with Crippen molar-refractivity contribution in [1.82, 2.24) is 9.97 Å². The second-order valence-electron chi connectivity index (χ2n) is 5.47. The van der Waals surface area contributed by atoms with E-state index in [1.54, 1.807) is 31.5 Å². The number of nitrogens with zero attached hydrogens (tertiary/aromatic N) is 2. The van der Waals surface area contributed by atoms with Gasteiger partial charge < -0.3 is 9.84 Å². The number of hydrogen-bond acceptors (Lipinski definition) is 5. The summed E-state index contributed by atoms with van der Waals surface area (Å²) in [5.74, 6) is -1.77. The molecule has 1 aromatic carbocycles. The van der Waals surface area contributed by atoms with Gasteiger partial charge in [-0.3, -0.25) is 9.97 Å². The zero-order valence-electron chi connectivity index (χ0n) is 14.0. The molecule has 2 aromatic heterocycles. The number of hydrogen-bond donors (Lipinski definition) is 1. The number of carboxylic acid groups (broad SMARTS) is 1. The Morgan fingerprint density at radius 1 is 1.15 bits per heavy atom. The lowest BCUT2D eigenvalue weighted by Crippen LogP contribution is -2.09. The first-order valence-electron chi connectivity index (χ1n) is 8.01. The van der Waals surface area contributed by atoms with Crippen LogP contribution in [-0.2, 0) is 4.74 Å². The minimum atomic E-state index is -1.17. The Labute approximate surface area is 149 Å². The fourth-order valence-corrected chi connectivity index (χ4v) is 2.55. The molecule has 0 aliphatic heterocycles. The zero-order chi connectivity index (χ0) is 18.5. The predicted octanol–water partition coefficient (Wildman–Crippen LogP) is 3.68. The van der Waals surface area contributed by atoms with Gasteiger partial charge >= 0.3 is 11.9 Å². The van der Waals surface area contributed by atoms with Crippen molar-refractivity contribution in [2.24, 2.45) is 0 Å². The molecule has 0 bridgehead atoms. The number of esters is 1. The Kier molecular flexibility index (Phi) is 5.03. The maximum atomic E-state index is 11.8. The summed E-state index contributed by atoms with van der Waals surface area (Å²) in [6.45, 7) is 1.88. The molecule has 0 spiro atoms. The first-order chi connectivity index (χ1) is 12.6. The third kappa shape index (κ3) is 3.59. The molecule has 0 fully saturated rings. The van der Waals surface area contributed by atoms with Gasteiger partial charge in [-0.05, 0) is 24.5 Å². The van der Waals surface area contributed by atoms with Crippen LogP contribution in [0.3, 0.4) is 0 Å². The minimum Gasteiger partial charge on any atom is -0.478 e. The topological polar surface area (TPSA) is 89.4 Å². The van der Waals surface area contributed by atoms with E-state index < -0.39 is 11.9 Å². The Hall–Kier alpha value is -3.54. The highest BCUT2D eigenvalue weighted by Gasteiger charge is 2.15. The standard InChI is InChI=1S/C20H16N2O4/c1-2-26-20(25)15-9-17(19(23)24)18(22-12-15)8-7-14-11-21-10-13-5-3-4-6-16(13)14/h3-12H,2H2,1H3,(H,23,24)/b8-7+. The van der Waals surface area contributed by atoms with Crippen molar-refractivity contribution in [3.8, 4) is 0 Å². The summed E-state index contributed by atoms with van der Waals surface area (Å²) in [4.78, 5) is 31.6. The maximum absolute atomic E-state index is 11.8. The number of pyridine rings is 2. The lowest BCUT2D eigenvalue weighted by Gasteiger charge is -2.05. The maximum Gasteiger partial charge on any atom is 0.339 e. The fraction of sp³-hybridized carbons (Fsp3) is 0.100. The smallest absolute Gasteiger partial charge is 0.339 e. The highest BCUT2D eigenvalue weighted by molar-refractivity contribution is 5.98. The van der Waals surface area contributed by atoms with Crippen LogP contribution in [0.5, 0.6) is 0 Å². The normalized spacial score (nSPS) is 11.0. The summed E-state index contributed by atoms with van der Waals surface area (Å²) in [7, 11) is 0. The van der Waals surface area contributed by atoms with Gasteiger partial charge in [-0.1, -0.05) is 30.3 Å². The Bertz CT molecular complexity index is 1010. The number of carbonyl (C=O) groups excluding carboxylic acids is 1. The molecule has 26 heavy (non-hydrogen) atoms. The molecule has 0 aliphatic rings. The highest BCUT2D eigenvalue weighted by atomic mass is 16.5. The predicted molar refractivity (Wildman–Crippen MR) is 97.8 cm³/mol. The van der Waals surface area contributed by atoms with Gasteiger partial charge in [0.1, 0.15) is 0 Å². The van der Waals surface area contributed by atoms with E-state index in [-0.39, 0.29) is 23.4 Å². The summed E-state index contributed by atoms with van der Waals surface area (Å²) in [5, 5.41) is 11.4. The molecule has 3 rings (SSSR count). The van der Waals surface area contributed by atoms with Crippen LogP contribution < -0.4 is 0 Å². The van der Waals surface area contributed by atoms with Gasteiger partial charge in [0.05, 0.1) is 23.4 Å².